The molecule has 2 unspecified atom stereocenters. The summed E-state index contributed by atoms with van der Waals surface area (Å²) in [7, 11) is 0. The number of esters is 1. The van der Waals surface area contributed by atoms with Crippen LogP contribution in [0.4, 0.5) is 0 Å². The predicted octanol–water partition coefficient (Wildman–Crippen LogP) is 6.15. The number of carbonyl (C=O) groups is 1. The van der Waals surface area contributed by atoms with Crippen LogP contribution in [0.1, 0.15) is 54.2 Å². The van der Waals surface area contributed by atoms with Crippen molar-refractivity contribution in [2.75, 3.05) is 0 Å². The lowest BCUT2D eigenvalue weighted by molar-refractivity contribution is -0.151. The van der Waals surface area contributed by atoms with Gasteiger partial charge in [-0.2, -0.15) is 8.51 Å². The lowest BCUT2D eigenvalue weighted by atomic mass is 10.0. The molecule has 3 aromatic carbocycles. The Morgan fingerprint density at radius 3 is 2.06 bits per heavy atom. The number of hydrogen-bond acceptors (Lipinski definition) is 4. The van der Waals surface area contributed by atoms with Crippen LogP contribution in [-0.2, 0) is 27.3 Å². The molecule has 0 radical (unpaired) electrons. The maximum Gasteiger partial charge on any atom is 0.306 e. The molecule has 6 heteroatoms. The van der Waals surface area contributed by atoms with Crippen LogP contribution in [0.2, 0.25) is 0 Å². The van der Waals surface area contributed by atoms with Gasteiger partial charge in [0.05, 0.1) is 6.04 Å². The zero-order valence-corrected chi connectivity index (χ0v) is 21.3. The van der Waals surface area contributed by atoms with Crippen LogP contribution in [0.15, 0.2) is 72.8 Å². The van der Waals surface area contributed by atoms with Gasteiger partial charge in [-0.15, -0.1) is 0 Å². The minimum atomic E-state index is -1.84. The van der Waals surface area contributed by atoms with Gasteiger partial charge in [0.15, 0.2) is 0 Å². The van der Waals surface area contributed by atoms with Crippen LogP contribution in [0.25, 0.3) is 0 Å². The van der Waals surface area contributed by atoms with Gasteiger partial charge in [0, 0.05) is 13.0 Å². The van der Waals surface area contributed by atoms with Crippen molar-refractivity contribution in [3.05, 3.63) is 101 Å². The average Bonchev–Trinajstić information content (AvgIpc) is 2.83. The summed E-state index contributed by atoms with van der Waals surface area (Å²) in [6, 6.07) is 23.0. The molecule has 0 spiro atoms. The minimum absolute atomic E-state index is 0.260. The van der Waals surface area contributed by atoms with Crippen molar-refractivity contribution in [3.8, 4) is 5.75 Å². The third-order valence-corrected chi connectivity index (χ3v) is 6.85. The van der Waals surface area contributed by atoms with E-state index in [0.717, 1.165) is 27.8 Å². The number of carbonyl (C=O) groups excluding carboxylic acids is 1. The maximum absolute atomic E-state index is 13.7. The summed E-state index contributed by atoms with van der Waals surface area (Å²) in [5, 5.41) is 0. The SMILES string of the molecule is CCC(=O)O[C@H](c1ccccc1)C(C)N(Cc1ccccc1)S(=O)Oc1c(C)cc(C)cc1C. The van der Waals surface area contributed by atoms with Gasteiger partial charge in [-0.25, -0.2) is 0 Å². The van der Waals surface area contributed by atoms with Crippen molar-refractivity contribution in [2.45, 2.75) is 59.7 Å². The van der Waals surface area contributed by atoms with Gasteiger partial charge in [-0.3, -0.25) is 4.79 Å². The zero-order chi connectivity index (χ0) is 24.7. The Hall–Kier alpha value is -2.96. The molecule has 0 amide bonds. The first-order chi connectivity index (χ1) is 16.3. The summed E-state index contributed by atoms with van der Waals surface area (Å²) < 4.78 is 27.4. The molecule has 0 aliphatic carbocycles. The topological polar surface area (TPSA) is 55.8 Å². The van der Waals surface area contributed by atoms with Crippen LogP contribution in [-0.4, -0.2) is 20.5 Å². The van der Waals surface area contributed by atoms with Crippen LogP contribution in [0, 0.1) is 20.8 Å². The predicted molar refractivity (Wildman–Crippen MR) is 136 cm³/mol. The van der Waals surface area contributed by atoms with Gasteiger partial charge in [0.1, 0.15) is 11.9 Å². The highest BCUT2D eigenvalue weighted by Gasteiger charge is 2.33. The second-order valence-corrected chi connectivity index (χ2v) is 9.57. The number of ether oxygens (including phenoxy) is 1. The highest BCUT2D eigenvalue weighted by molar-refractivity contribution is 7.78. The summed E-state index contributed by atoms with van der Waals surface area (Å²) in [5.74, 6) is 0.299. The van der Waals surface area contributed by atoms with Crippen molar-refractivity contribution >= 4 is 17.2 Å². The van der Waals surface area contributed by atoms with Crippen molar-refractivity contribution in [1.82, 2.24) is 4.31 Å². The Kier molecular flexibility index (Phi) is 9.02. The van der Waals surface area contributed by atoms with Gasteiger partial charge in [-0.05, 0) is 49.9 Å². The molecule has 3 atom stereocenters. The van der Waals surface area contributed by atoms with E-state index in [1.807, 2.05) is 100 Å². The molecule has 180 valence electrons. The zero-order valence-electron chi connectivity index (χ0n) is 20.5. The normalized spacial score (nSPS) is 13.8. The van der Waals surface area contributed by atoms with Crippen LogP contribution in [0.5, 0.6) is 5.75 Å². The molecular formula is C28H33NO4S. The van der Waals surface area contributed by atoms with Gasteiger partial charge < -0.3 is 8.92 Å². The molecule has 5 nitrogen and oxygen atoms in total. The van der Waals surface area contributed by atoms with E-state index in [4.69, 9.17) is 8.92 Å². The van der Waals surface area contributed by atoms with Crippen LogP contribution in [0.3, 0.4) is 0 Å². The average molecular weight is 480 g/mol. The van der Waals surface area contributed by atoms with E-state index in [1.165, 1.54) is 0 Å². The molecule has 0 aliphatic heterocycles. The molecule has 0 bridgehead atoms. The third kappa shape index (κ3) is 6.55. The molecule has 0 saturated carbocycles. The summed E-state index contributed by atoms with van der Waals surface area (Å²) in [6.07, 6.45) is -0.346. The number of hydrogen-bond donors (Lipinski definition) is 0. The smallest absolute Gasteiger partial charge is 0.306 e. The third-order valence-electron chi connectivity index (χ3n) is 5.70. The van der Waals surface area contributed by atoms with E-state index in [9.17, 15) is 9.00 Å². The van der Waals surface area contributed by atoms with Crippen molar-refractivity contribution < 1.29 is 17.9 Å². The van der Waals surface area contributed by atoms with E-state index < -0.39 is 23.4 Å². The van der Waals surface area contributed by atoms with E-state index in [1.54, 1.807) is 11.2 Å². The van der Waals surface area contributed by atoms with E-state index >= 15 is 0 Å². The van der Waals surface area contributed by atoms with Crippen LogP contribution >= 0.6 is 0 Å². The van der Waals surface area contributed by atoms with Crippen LogP contribution < -0.4 is 4.18 Å². The quantitative estimate of drug-likeness (QED) is 0.327. The summed E-state index contributed by atoms with van der Waals surface area (Å²) in [4.78, 5) is 12.3. The Morgan fingerprint density at radius 2 is 1.50 bits per heavy atom. The number of aryl methyl sites for hydroxylation is 3. The van der Waals surface area contributed by atoms with Crippen molar-refractivity contribution in [3.63, 3.8) is 0 Å². The van der Waals surface area contributed by atoms with Crippen molar-refractivity contribution in [1.29, 1.82) is 0 Å². The molecule has 0 aromatic heterocycles. The fourth-order valence-corrected chi connectivity index (χ4v) is 5.11. The monoisotopic (exact) mass is 479 g/mol. The number of rotatable bonds is 10. The standard InChI is InChI=1S/C28H33NO4S/c1-6-26(30)32-28(25-15-11-8-12-16-25)23(5)29(19-24-13-9-7-10-14-24)34(31)33-27-21(3)17-20(2)18-22(27)4/h7-18,23,28H,6,19H2,1-5H3/t23?,28-,34?/m0/s1. The van der Waals surface area contributed by atoms with E-state index in [-0.39, 0.29) is 12.4 Å². The van der Waals surface area contributed by atoms with Crippen molar-refractivity contribution in [2.24, 2.45) is 0 Å². The maximum atomic E-state index is 13.7. The Morgan fingerprint density at radius 1 is 0.941 bits per heavy atom. The first kappa shape index (κ1) is 25.7. The second kappa shape index (κ2) is 12.0. The molecule has 0 saturated heterocycles. The summed E-state index contributed by atoms with van der Waals surface area (Å²) >= 11 is -1.84. The van der Waals surface area contributed by atoms with Gasteiger partial charge >= 0.3 is 5.97 Å². The molecule has 0 N–H and O–H groups in total. The molecule has 3 rings (SSSR count). The highest BCUT2D eigenvalue weighted by atomic mass is 32.2. The first-order valence-corrected chi connectivity index (χ1v) is 12.6. The molecule has 3 aromatic rings. The molecular weight excluding hydrogens is 446 g/mol. The van der Waals surface area contributed by atoms with Gasteiger partial charge in [0.25, 0.3) is 11.3 Å². The van der Waals surface area contributed by atoms with E-state index in [2.05, 4.69) is 0 Å². The summed E-state index contributed by atoms with van der Waals surface area (Å²) in [6.45, 7) is 9.98. The second-order valence-electron chi connectivity index (χ2n) is 8.50. The van der Waals surface area contributed by atoms with E-state index in [0.29, 0.717) is 12.3 Å². The number of benzene rings is 3. The molecule has 0 aliphatic rings. The lowest BCUT2D eigenvalue weighted by Gasteiger charge is -2.33. The molecule has 34 heavy (non-hydrogen) atoms. The molecule has 0 heterocycles. The van der Waals surface area contributed by atoms with Gasteiger partial charge in [0.2, 0.25) is 0 Å². The highest BCUT2D eigenvalue weighted by Crippen LogP contribution is 2.31. The fourth-order valence-electron chi connectivity index (χ4n) is 3.98. The Labute approximate surface area is 205 Å². The first-order valence-electron chi connectivity index (χ1n) is 11.5. The fraction of sp³-hybridized carbons (Fsp3) is 0.321. The Balaban J connectivity index is 1.98. The molecule has 0 fully saturated rings. The Bertz CT molecular complexity index is 1090. The lowest BCUT2D eigenvalue weighted by Crippen LogP contribution is -2.41. The minimum Gasteiger partial charge on any atom is -0.456 e. The number of nitrogens with zero attached hydrogens (tertiary/aromatic N) is 1. The van der Waals surface area contributed by atoms with Gasteiger partial charge in [-0.1, -0.05) is 85.3 Å². The summed E-state index contributed by atoms with van der Waals surface area (Å²) in [5.41, 5.74) is 4.80. The largest absolute Gasteiger partial charge is 0.456 e.